The van der Waals surface area contributed by atoms with Gasteiger partial charge in [-0.2, -0.15) is 30.1 Å². The maximum absolute atomic E-state index is 9.42. The molecule has 5 rings (SSSR count). The molecular weight excluding hydrogens is 446 g/mol. The summed E-state index contributed by atoms with van der Waals surface area (Å²) in [5.41, 5.74) is 2.39. The van der Waals surface area contributed by atoms with Crippen LogP contribution in [-0.2, 0) is 14.1 Å². The van der Waals surface area contributed by atoms with E-state index >= 15 is 0 Å². The van der Waals surface area contributed by atoms with Crippen molar-refractivity contribution in [2.24, 2.45) is 14.1 Å². The lowest BCUT2D eigenvalue weighted by Crippen LogP contribution is -2.08. The molecule has 0 fully saturated rings. The number of nitrogens with one attached hydrogen (secondary N) is 2. The Morgan fingerprint density at radius 3 is 2.42 bits per heavy atom. The van der Waals surface area contributed by atoms with Crippen molar-refractivity contribution in [3.05, 3.63) is 41.6 Å². The third-order valence-corrected chi connectivity index (χ3v) is 4.90. The lowest BCUT2D eigenvalue weighted by atomic mass is 10.2. The molecule has 33 heavy (non-hydrogen) atoms. The summed E-state index contributed by atoms with van der Waals surface area (Å²) >= 11 is 0. The van der Waals surface area contributed by atoms with E-state index in [2.05, 4.69) is 53.0 Å². The van der Waals surface area contributed by atoms with Crippen molar-refractivity contribution >= 4 is 52.4 Å². The van der Waals surface area contributed by atoms with Gasteiger partial charge in [0.2, 0.25) is 11.9 Å². The van der Waals surface area contributed by atoms with Crippen LogP contribution in [0, 0.1) is 29.6 Å². The molecule has 2 N–H and O–H groups in total. The molecule has 13 nitrogen and oxygen atoms in total. The van der Waals surface area contributed by atoms with E-state index in [4.69, 9.17) is 0 Å². The Kier molecular flexibility index (Phi) is 5.25. The highest BCUT2D eigenvalue weighted by atomic mass is 35.5. The number of rotatable bonds is 4. The third kappa shape index (κ3) is 3.62. The first-order valence-corrected chi connectivity index (χ1v) is 9.41. The Hall–Kier alpha value is -4.75. The standard InChI is InChI=1S/C19H15N13.ClH/c1-10-23-18(28-30(10)2)25-16-17-22-9-12(7-20)32(17)29-19(26-16)24-11-4-5-15-13(6-11)14(8-21)27-31(15)3;/h4-6,9H,1-3H3,(H2,24,25,26,28,29);1H. The first kappa shape index (κ1) is 21.5. The first-order chi connectivity index (χ1) is 15.5. The summed E-state index contributed by atoms with van der Waals surface area (Å²) in [6.45, 7) is 1.83. The van der Waals surface area contributed by atoms with Gasteiger partial charge in [-0.05, 0) is 25.1 Å². The van der Waals surface area contributed by atoms with Gasteiger partial charge < -0.3 is 10.6 Å². The van der Waals surface area contributed by atoms with Gasteiger partial charge in [0, 0.05) is 25.2 Å². The number of hydrogen-bond acceptors (Lipinski definition) is 10. The normalized spacial score (nSPS) is 10.6. The number of aryl methyl sites for hydroxylation is 3. The fourth-order valence-corrected chi connectivity index (χ4v) is 3.27. The fourth-order valence-electron chi connectivity index (χ4n) is 3.27. The van der Waals surface area contributed by atoms with Crippen molar-refractivity contribution in [2.45, 2.75) is 6.92 Å². The van der Waals surface area contributed by atoms with E-state index in [1.54, 1.807) is 29.5 Å². The average molecular weight is 462 g/mol. The minimum atomic E-state index is 0. The molecule has 0 aliphatic carbocycles. The highest BCUT2D eigenvalue weighted by Crippen LogP contribution is 2.25. The molecule has 1 aromatic carbocycles. The van der Waals surface area contributed by atoms with Gasteiger partial charge in [-0.3, -0.25) is 9.36 Å². The molecule has 0 aliphatic rings. The maximum atomic E-state index is 9.42. The number of benzene rings is 1. The maximum Gasteiger partial charge on any atom is 0.248 e. The molecule has 0 unspecified atom stereocenters. The van der Waals surface area contributed by atoms with Gasteiger partial charge in [0.05, 0.1) is 11.7 Å². The molecule has 0 amide bonds. The summed E-state index contributed by atoms with van der Waals surface area (Å²) in [5.74, 6) is 1.60. The van der Waals surface area contributed by atoms with Gasteiger partial charge in [0.25, 0.3) is 0 Å². The molecule has 0 spiro atoms. The van der Waals surface area contributed by atoms with Crippen LogP contribution in [0.2, 0.25) is 0 Å². The largest absolute Gasteiger partial charge is 0.323 e. The summed E-state index contributed by atoms with van der Waals surface area (Å²) in [6, 6.07) is 9.63. The number of imidazole rings is 1. The van der Waals surface area contributed by atoms with Crippen LogP contribution in [0.4, 0.5) is 23.4 Å². The van der Waals surface area contributed by atoms with Gasteiger partial charge >= 0.3 is 0 Å². The predicted octanol–water partition coefficient (Wildman–Crippen LogP) is 2.10. The van der Waals surface area contributed by atoms with Gasteiger partial charge in [-0.25, -0.2) is 4.98 Å². The summed E-state index contributed by atoms with van der Waals surface area (Å²) in [7, 11) is 3.56. The monoisotopic (exact) mass is 461 g/mol. The van der Waals surface area contributed by atoms with E-state index in [0.717, 1.165) is 11.3 Å². The summed E-state index contributed by atoms with van der Waals surface area (Å²) in [5, 5.41) is 38.5. The van der Waals surface area contributed by atoms with Crippen LogP contribution in [0.1, 0.15) is 17.2 Å². The lowest BCUT2D eigenvalue weighted by molar-refractivity contribution is 0.736. The van der Waals surface area contributed by atoms with Crippen molar-refractivity contribution in [1.82, 2.24) is 44.1 Å². The van der Waals surface area contributed by atoms with Gasteiger partial charge in [0.15, 0.2) is 22.9 Å². The molecule has 5 aromatic rings. The van der Waals surface area contributed by atoms with Crippen LogP contribution in [0.25, 0.3) is 16.6 Å². The molecule has 0 saturated heterocycles. The number of halogens is 1. The van der Waals surface area contributed by atoms with Gasteiger partial charge in [0.1, 0.15) is 18.0 Å². The summed E-state index contributed by atoms with van der Waals surface area (Å²) in [4.78, 5) is 13.1. The number of hydrogen-bond donors (Lipinski definition) is 2. The second kappa shape index (κ2) is 8.07. The van der Waals surface area contributed by atoms with E-state index in [1.165, 1.54) is 10.7 Å². The molecule has 4 aromatic heterocycles. The van der Waals surface area contributed by atoms with E-state index in [-0.39, 0.29) is 24.0 Å². The van der Waals surface area contributed by atoms with Crippen LogP contribution in [-0.4, -0.2) is 44.1 Å². The van der Waals surface area contributed by atoms with E-state index in [9.17, 15) is 10.5 Å². The van der Waals surface area contributed by atoms with E-state index in [1.807, 2.05) is 19.1 Å². The smallest absolute Gasteiger partial charge is 0.248 e. The lowest BCUT2D eigenvalue weighted by Gasteiger charge is -2.09. The minimum Gasteiger partial charge on any atom is -0.323 e. The Balaban J connectivity index is 0.00000259. The Morgan fingerprint density at radius 2 is 1.73 bits per heavy atom. The molecule has 0 saturated carbocycles. The Labute approximate surface area is 192 Å². The Morgan fingerprint density at radius 1 is 0.939 bits per heavy atom. The molecular formula is C19H16ClN13. The topological polar surface area (TPSA) is 163 Å². The number of nitriles is 2. The van der Waals surface area contributed by atoms with Gasteiger partial charge in [-0.1, -0.05) is 0 Å². The van der Waals surface area contributed by atoms with Crippen molar-refractivity contribution in [2.75, 3.05) is 10.6 Å². The molecule has 4 heterocycles. The van der Waals surface area contributed by atoms with E-state index < -0.39 is 0 Å². The zero-order valence-corrected chi connectivity index (χ0v) is 18.5. The third-order valence-electron chi connectivity index (χ3n) is 4.90. The van der Waals surface area contributed by atoms with Crippen LogP contribution in [0.5, 0.6) is 0 Å². The van der Waals surface area contributed by atoms with Crippen molar-refractivity contribution in [3.63, 3.8) is 0 Å². The molecule has 14 heteroatoms. The fraction of sp³-hybridized carbons (Fsp3) is 0.158. The number of nitrogens with zero attached hydrogens (tertiary/aromatic N) is 11. The van der Waals surface area contributed by atoms with Crippen LogP contribution in [0.15, 0.2) is 24.4 Å². The average Bonchev–Trinajstić information content (AvgIpc) is 3.43. The number of fused-ring (bicyclic) bond motifs is 2. The zero-order chi connectivity index (χ0) is 22.4. The second-order valence-corrected chi connectivity index (χ2v) is 6.95. The molecule has 0 bridgehead atoms. The summed E-state index contributed by atoms with van der Waals surface area (Å²) in [6.07, 6.45) is 1.41. The molecule has 0 aliphatic heterocycles. The highest BCUT2D eigenvalue weighted by Gasteiger charge is 2.16. The van der Waals surface area contributed by atoms with Crippen molar-refractivity contribution in [1.29, 1.82) is 10.5 Å². The van der Waals surface area contributed by atoms with Gasteiger partial charge in [-0.15, -0.1) is 22.6 Å². The van der Waals surface area contributed by atoms with Crippen molar-refractivity contribution in [3.8, 4) is 12.1 Å². The van der Waals surface area contributed by atoms with Crippen LogP contribution >= 0.6 is 12.4 Å². The molecule has 0 atom stereocenters. The number of aromatic nitrogens is 9. The molecule has 0 radical (unpaired) electrons. The van der Waals surface area contributed by atoms with E-state index in [0.29, 0.717) is 34.2 Å². The summed E-state index contributed by atoms with van der Waals surface area (Å²) < 4.78 is 4.66. The number of anilines is 4. The highest BCUT2D eigenvalue weighted by molar-refractivity contribution is 5.88. The minimum absolute atomic E-state index is 0. The zero-order valence-electron chi connectivity index (χ0n) is 17.6. The predicted molar refractivity (Wildman–Crippen MR) is 120 cm³/mol. The SMILES string of the molecule is Cc1nc(Nc2nc(Nc3ccc4c(c3)c(C#N)nn4C)nn3c(C#N)cnc23)nn1C.Cl. The second-order valence-electron chi connectivity index (χ2n) is 6.95. The van der Waals surface area contributed by atoms with Crippen molar-refractivity contribution < 1.29 is 0 Å². The first-order valence-electron chi connectivity index (χ1n) is 9.41. The van der Waals surface area contributed by atoms with Crippen LogP contribution < -0.4 is 10.6 Å². The van der Waals surface area contributed by atoms with Crippen LogP contribution in [0.3, 0.4) is 0 Å². The quantitative estimate of drug-likeness (QED) is 0.405. The molecule has 164 valence electrons. The Bertz CT molecular complexity index is 1570.